The molecule has 0 atom stereocenters. The van der Waals surface area contributed by atoms with Gasteiger partial charge in [0.05, 0.1) is 5.02 Å². The number of carbonyl (C=O) groups excluding carboxylic acids is 1. The molecule has 4 nitrogen and oxygen atoms in total. The van der Waals surface area contributed by atoms with E-state index in [2.05, 4.69) is 5.32 Å². The first-order valence-corrected chi connectivity index (χ1v) is 7.62. The molecule has 0 radical (unpaired) electrons. The van der Waals surface area contributed by atoms with Crippen LogP contribution in [0.2, 0.25) is 5.02 Å². The van der Waals surface area contributed by atoms with Gasteiger partial charge in [-0.2, -0.15) is 0 Å². The number of para-hydroxylation sites is 1. The summed E-state index contributed by atoms with van der Waals surface area (Å²) in [5.74, 6) is 0.506. The molecule has 5 heteroatoms. The van der Waals surface area contributed by atoms with E-state index in [4.69, 9.17) is 16.3 Å². The Bertz CT molecular complexity index is 862. The smallest absolute Gasteiger partial charge is 0.417 e. The number of benzene rings is 3. The van der Waals surface area contributed by atoms with Gasteiger partial charge in [0.15, 0.2) is 5.75 Å². The lowest BCUT2D eigenvalue weighted by atomic mass is 10.1. The first-order chi connectivity index (χ1) is 11.6. The molecule has 0 spiro atoms. The summed E-state index contributed by atoms with van der Waals surface area (Å²) in [5.41, 5.74) is 2.41. The Kier molecular flexibility index (Phi) is 4.68. The van der Waals surface area contributed by atoms with E-state index in [0.29, 0.717) is 16.5 Å². The highest BCUT2D eigenvalue weighted by atomic mass is 35.5. The summed E-state index contributed by atoms with van der Waals surface area (Å²) in [4.78, 5) is 11.9. The number of ether oxygens (including phenoxy) is 1. The summed E-state index contributed by atoms with van der Waals surface area (Å²) in [7, 11) is 0. The molecule has 120 valence electrons. The van der Waals surface area contributed by atoms with Crippen LogP contribution in [-0.4, -0.2) is 11.2 Å². The number of phenolic OH excluding ortho intramolecular Hbond substituents is 1. The monoisotopic (exact) mass is 339 g/mol. The summed E-state index contributed by atoms with van der Waals surface area (Å²) in [6.45, 7) is 0. The van der Waals surface area contributed by atoms with E-state index < -0.39 is 6.09 Å². The van der Waals surface area contributed by atoms with Crippen molar-refractivity contribution in [1.29, 1.82) is 0 Å². The lowest BCUT2D eigenvalue weighted by Gasteiger charge is -2.08. The molecule has 1 amide bonds. The average molecular weight is 340 g/mol. The topological polar surface area (TPSA) is 58.6 Å². The number of aromatic hydroxyl groups is 1. The Morgan fingerprint density at radius 2 is 1.67 bits per heavy atom. The second-order valence-electron chi connectivity index (χ2n) is 5.07. The van der Waals surface area contributed by atoms with Gasteiger partial charge in [0.1, 0.15) is 5.75 Å². The van der Waals surface area contributed by atoms with Gasteiger partial charge in [-0.25, -0.2) is 4.79 Å². The molecular formula is C19H14ClNO3. The third-order valence-electron chi connectivity index (χ3n) is 3.35. The zero-order valence-electron chi connectivity index (χ0n) is 12.6. The van der Waals surface area contributed by atoms with E-state index in [-0.39, 0.29) is 5.75 Å². The van der Waals surface area contributed by atoms with Crippen molar-refractivity contribution in [1.82, 2.24) is 0 Å². The zero-order chi connectivity index (χ0) is 16.9. The van der Waals surface area contributed by atoms with E-state index in [1.54, 1.807) is 54.6 Å². The molecule has 3 rings (SSSR count). The molecule has 0 aliphatic heterocycles. The fraction of sp³-hybridized carbons (Fsp3) is 0. The number of carbonyl (C=O) groups is 1. The molecule has 0 bridgehead atoms. The van der Waals surface area contributed by atoms with E-state index in [1.807, 2.05) is 18.2 Å². The Hall–Kier alpha value is -2.98. The van der Waals surface area contributed by atoms with Crippen LogP contribution < -0.4 is 10.1 Å². The van der Waals surface area contributed by atoms with Crippen LogP contribution >= 0.6 is 11.6 Å². The van der Waals surface area contributed by atoms with Crippen LogP contribution in [0, 0.1) is 0 Å². The molecule has 0 fully saturated rings. The number of hydrogen-bond donors (Lipinski definition) is 2. The molecule has 3 aromatic carbocycles. The Labute approximate surface area is 144 Å². The van der Waals surface area contributed by atoms with Crippen LogP contribution in [0.3, 0.4) is 0 Å². The Morgan fingerprint density at radius 3 is 2.38 bits per heavy atom. The first-order valence-electron chi connectivity index (χ1n) is 7.25. The third-order valence-corrected chi connectivity index (χ3v) is 3.66. The number of hydrogen-bond acceptors (Lipinski definition) is 3. The van der Waals surface area contributed by atoms with Crippen LogP contribution in [0.25, 0.3) is 11.1 Å². The maximum atomic E-state index is 11.9. The van der Waals surface area contributed by atoms with Crippen LogP contribution in [0.1, 0.15) is 0 Å². The SMILES string of the molecule is O=C(Nc1ccc(-c2cccc(O)c2)cc1)Oc1ccccc1Cl. The van der Waals surface area contributed by atoms with Crippen LogP contribution in [0.4, 0.5) is 10.5 Å². The Balaban J connectivity index is 1.68. The summed E-state index contributed by atoms with van der Waals surface area (Å²) in [6, 6.07) is 20.9. The lowest BCUT2D eigenvalue weighted by molar-refractivity contribution is 0.215. The Morgan fingerprint density at radius 1 is 0.917 bits per heavy atom. The number of halogens is 1. The molecule has 0 aromatic heterocycles. The lowest BCUT2D eigenvalue weighted by Crippen LogP contribution is -2.16. The molecule has 0 saturated heterocycles. The molecule has 3 aromatic rings. The van der Waals surface area contributed by atoms with Gasteiger partial charge in [0.2, 0.25) is 0 Å². The second-order valence-corrected chi connectivity index (χ2v) is 5.48. The third kappa shape index (κ3) is 3.86. The highest BCUT2D eigenvalue weighted by Gasteiger charge is 2.08. The summed E-state index contributed by atoms with van der Waals surface area (Å²) < 4.78 is 5.16. The minimum Gasteiger partial charge on any atom is -0.508 e. The molecule has 0 unspecified atom stereocenters. The van der Waals surface area contributed by atoms with Crippen LogP contribution in [0.15, 0.2) is 72.8 Å². The average Bonchev–Trinajstić information content (AvgIpc) is 2.58. The van der Waals surface area contributed by atoms with E-state index in [1.165, 1.54) is 0 Å². The van der Waals surface area contributed by atoms with Crippen molar-refractivity contribution in [3.8, 4) is 22.6 Å². The van der Waals surface area contributed by atoms with E-state index >= 15 is 0 Å². The van der Waals surface area contributed by atoms with Gasteiger partial charge in [-0.15, -0.1) is 0 Å². The molecule has 0 aliphatic carbocycles. The van der Waals surface area contributed by atoms with Crippen molar-refractivity contribution >= 4 is 23.4 Å². The number of rotatable bonds is 3. The minimum atomic E-state index is -0.617. The van der Waals surface area contributed by atoms with Gasteiger partial charge in [-0.3, -0.25) is 5.32 Å². The van der Waals surface area contributed by atoms with Crippen molar-refractivity contribution in [3.63, 3.8) is 0 Å². The normalized spacial score (nSPS) is 10.2. The van der Waals surface area contributed by atoms with Crippen LogP contribution in [-0.2, 0) is 0 Å². The molecule has 2 N–H and O–H groups in total. The van der Waals surface area contributed by atoms with Crippen molar-refractivity contribution in [2.24, 2.45) is 0 Å². The molecule has 0 saturated carbocycles. The van der Waals surface area contributed by atoms with Crippen molar-refractivity contribution in [2.45, 2.75) is 0 Å². The predicted molar refractivity (Wildman–Crippen MR) is 94.6 cm³/mol. The van der Waals surface area contributed by atoms with Crippen molar-refractivity contribution in [3.05, 3.63) is 77.8 Å². The van der Waals surface area contributed by atoms with Crippen LogP contribution in [0.5, 0.6) is 11.5 Å². The van der Waals surface area contributed by atoms with E-state index in [0.717, 1.165) is 11.1 Å². The highest BCUT2D eigenvalue weighted by Crippen LogP contribution is 2.26. The fourth-order valence-corrected chi connectivity index (χ4v) is 2.38. The quantitative estimate of drug-likeness (QED) is 0.678. The largest absolute Gasteiger partial charge is 0.508 e. The minimum absolute atomic E-state index is 0.206. The molecule has 0 aliphatic rings. The number of amides is 1. The summed E-state index contributed by atoms with van der Waals surface area (Å²) >= 11 is 5.95. The molecule has 24 heavy (non-hydrogen) atoms. The first kappa shape index (κ1) is 15.9. The highest BCUT2D eigenvalue weighted by molar-refractivity contribution is 6.32. The van der Waals surface area contributed by atoms with Crippen molar-refractivity contribution in [2.75, 3.05) is 5.32 Å². The molecular weight excluding hydrogens is 326 g/mol. The van der Waals surface area contributed by atoms with Gasteiger partial charge in [0, 0.05) is 5.69 Å². The summed E-state index contributed by atoms with van der Waals surface area (Å²) in [6.07, 6.45) is -0.617. The van der Waals surface area contributed by atoms with Gasteiger partial charge in [-0.05, 0) is 47.5 Å². The standard InChI is InChI=1S/C19H14ClNO3/c20-17-6-1-2-7-18(17)24-19(23)21-15-10-8-13(9-11-15)14-4-3-5-16(22)12-14/h1-12,22H,(H,21,23). The van der Waals surface area contributed by atoms with Gasteiger partial charge in [0.25, 0.3) is 0 Å². The second kappa shape index (κ2) is 7.06. The number of phenols is 1. The number of nitrogens with one attached hydrogen (secondary N) is 1. The summed E-state index contributed by atoms with van der Waals surface area (Å²) in [5, 5.41) is 12.5. The van der Waals surface area contributed by atoms with E-state index in [9.17, 15) is 9.90 Å². The maximum Gasteiger partial charge on any atom is 0.417 e. The van der Waals surface area contributed by atoms with Crippen molar-refractivity contribution < 1.29 is 14.6 Å². The predicted octanol–water partition coefficient (Wildman–Crippen LogP) is 5.32. The maximum absolute atomic E-state index is 11.9. The molecule has 0 heterocycles. The van der Waals surface area contributed by atoms with Gasteiger partial charge >= 0.3 is 6.09 Å². The number of anilines is 1. The fourth-order valence-electron chi connectivity index (χ4n) is 2.20. The van der Waals surface area contributed by atoms with Gasteiger partial charge in [-0.1, -0.05) is 48.0 Å². The van der Waals surface area contributed by atoms with Gasteiger partial charge < -0.3 is 9.84 Å². The zero-order valence-corrected chi connectivity index (χ0v) is 13.3.